The van der Waals surface area contributed by atoms with Crippen LogP contribution in [0.5, 0.6) is 0 Å². The third-order valence-electron chi connectivity index (χ3n) is 2.58. The van der Waals surface area contributed by atoms with Crippen LogP contribution in [0, 0.1) is 0 Å². The van der Waals surface area contributed by atoms with Gasteiger partial charge in [-0.1, -0.05) is 25.7 Å². The van der Waals surface area contributed by atoms with Crippen molar-refractivity contribution in [3.05, 3.63) is 0 Å². The van der Waals surface area contributed by atoms with Crippen molar-refractivity contribution in [2.45, 2.75) is 51.0 Å². The van der Waals surface area contributed by atoms with E-state index < -0.39 is 0 Å². The lowest BCUT2D eigenvalue weighted by molar-refractivity contribution is -0.120. The van der Waals surface area contributed by atoms with Crippen molar-refractivity contribution in [2.24, 2.45) is 0 Å². The highest BCUT2D eigenvalue weighted by Crippen LogP contribution is 2.08. The molecule has 0 aliphatic rings. The Labute approximate surface area is 98.4 Å². The Bertz CT molecular complexity index is 174. The molecule has 4 nitrogen and oxygen atoms in total. The molecule has 0 aliphatic heterocycles. The molecular formula is C12H25NO3. The van der Waals surface area contributed by atoms with Crippen molar-refractivity contribution < 1.29 is 14.6 Å². The Morgan fingerprint density at radius 1 is 1.25 bits per heavy atom. The normalized spacial score (nSPS) is 12.4. The fourth-order valence-corrected chi connectivity index (χ4v) is 1.60. The highest BCUT2D eigenvalue weighted by atomic mass is 16.5. The molecule has 0 spiro atoms. The molecule has 96 valence electrons. The quantitative estimate of drug-likeness (QED) is 0.560. The number of carbonyl (C=O) groups is 1. The van der Waals surface area contributed by atoms with Gasteiger partial charge in [-0.05, 0) is 12.8 Å². The molecule has 1 amide bonds. The molecule has 0 aliphatic carbocycles. The van der Waals surface area contributed by atoms with Crippen LogP contribution in [-0.4, -0.2) is 37.9 Å². The Hall–Kier alpha value is -0.610. The highest BCUT2D eigenvalue weighted by Gasteiger charge is 2.02. The number of unbranched alkanes of at least 4 members (excludes halogenated alkanes) is 4. The average molecular weight is 231 g/mol. The van der Waals surface area contributed by atoms with Gasteiger partial charge in [0.15, 0.2) is 0 Å². The Balaban J connectivity index is 3.12. The molecule has 0 aromatic heterocycles. The second-order valence-electron chi connectivity index (χ2n) is 4.09. The van der Waals surface area contributed by atoms with E-state index in [9.17, 15) is 9.90 Å². The maximum Gasteiger partial charge on any atom is 0.219 e. The molecule has 0 bridgehead atoms. The van der Waals surface area contributed by atoms with Crippen molar-refractivity contribution in [2.75, 3.05) is 20.8 Å². The van der Waals surface area contributed by atoms with Gasteiger partial charge in [0.2, 0.25) is 5.91 Å². The van der Waals surface area contributed by atoms with Crippen LogP contribution >= 0.6 is 0 Å². The Kier molecular flexibility index (Phi) is 10.5. The minimum absolute atomic E-state index is 0.121. The van der Waals surface area contributed by atoms with Crippen LogP contribution in [0.25, 0.3) is 0 Å². The number of nitrogens with one attached hydrogen (secondary N) is 1. The summed E-state index contributed by atoms with van der Waals surface area (Å²) in [5, 5.41) is 12.0. The molecule has 0 rings (SSSR count). The van der Waals surface area contributed by atoms with Crippen LogP contribution in [0.4, 0.5) is 0 Å². The van der Waals surface area contributed by atoms with Crippen molar-refractivity contribution in [1.29, 1.82) is 0 Å². The first kappa shape index (κ1) is 15.4. The van der Waals surface area contributed by atoms with Crippen LogP contribution in [0.15, 0.2) is 0 Å². The lowest BCUT2D eigenvalue weighted by atomic mass is 10.1. The van der Waals surface area contributed by atoms with Crippen molar-refractivity contribution in [3.63, 3.8) is 0 Å². The number of aliphatic hydroxyl groups is 1. The summed E-state index contributed by atoms with van der Waals surface area (Å²) in [7, 11) is 3.27. The van der Waals surface area contributed by atoms with E-state index in [0.29, 0.717) is 13.0 Å². The van der Waals surface area contributed by atoms with E-state index in [2.05, 4.69) is 5.32 Å². The van der Waals surface area contributed by atoms with Gasteiger partial charge in [-0.2, -0.15) is 0 Å². The number of hydrogen-bond acceptors (Lipinski definition) is 3. The zero-order chi connectivity index (χ0) is 12.2. The lowest BCUT2D eigenvalue weighted by Crippen LogP contribution is -2.16. The second-order valence-corrected chi connectivity index (χ2v) is 4.09. The number of amides is 1. The fourth-order valence-electron chi connectivity index (χ4n) is 1.60. The van der Waals surface area contributed by atoms with Crippen molar-refractivity contribution in [3.8, 4) is 0 Å². The SMILES string of the molecule is CNC(=O)CCCCCCC[C@@H](O)COC. The number of ether oxygens (including phenoxy) is 1. The summed E-state index contributed by atoms with van der Waals surface area (Å²) in [6.07, 6.45) is 6.45. The third kappa shape index (κ3) is 9.93. The molecule has 16 heavy (non-hydrogen) atoms. The van der Waals surface area contributed by atoms with E-state index in [1.54, 1.807) is 14.2 Å². The van der Waals surface area contributed by atoms with Crippen LogP contribution in [-0.2, 0) is 9.53 Å². The van der Waals surface area contributed by atoms with Gasteiger partial charge in [-0.25, -0.2) is 0 Å². The van der Waals surface area contributed by atoms with E-state index in [-0.39, 0.29) is 12.0 Å². The smallest absolute Gasteiger partial charge is 0.219 e. The first-order valence-electron chi connectivity index (χ1n) is 6.08. The summed E-state index contributed by atoms with van der Waals surface area (Å²) >= 11 is 0. The molecule has 0 saturated heterocycles. The molecule has 4 heteroatoms. The van der Waals surface area contributed by atoms with Crippen LogP contribution in [0.1, 0.15) is 44.9 Å². The molecule has 0 aromatic rings. The number of carbonyl (C=O) groups excluding carboxylic acids is 1. The van der Waals surface area contributed by atoms with E-state index in [0.717, 1.165) is 38.5 Å². The van der Waals surface area contributed by atoms with Gasteiger partial charge in [0.05, 0.1) is 12.7 Å². The zero-order valence-electron chi connectivity index (χ0n) is 10.5. The molecule has 0 radical (unpaired) electrons. The maximum atomic E-state index is 10.9. The van der Waals surface area contributed by atoms with E-state index in [1.807, 2.05) is 0 Å². The summed E-state index contributed by atoms with van der Waals surface area (Å²) in [4.78, 5) is 10.9. The molecular weight excluding hydrogens is 206 g/mol. The Morgan fingerprint density at radius 2 is 1.88 bits per heavy atom. The van der Waals surface area contributed by atoms with Gasteiger partial charge in [0, 0.05) is 20.6 Å². The molecule has 0 fully saturated rings. The average Bonchev–Trinajstić information content (AvgIpc) is 2.27. The minimum Gasteiger partial charge on any atom is -0.391 e. The van der Waals surface area contributed by atoms with E-state index >= 15 is 0 Å². The van der Waals surface area contributed by atoms with E-state index in [1.165, 1.54) is 0 Å². The van der Waals surface area contributed by atoms with Gasteiger partial charge in [-0.3, -0.25) is 4.79 Å². The van der Waals surface area contributed by atoms with Crippen LogP contribution in [0.3, 0.4) is 0 Å². The lowest BCUT2D eigenvalue weighted by Gasteiger charge is -2.08. The summed E-state index contributed by atoms with van der Waals surface area (Å²) < 4.78 is 4.84. The van der Waals surface area contributed by atoms with Gasteiger partial charge in [0.1, 0.15) is 0 Å². The molecule has 0 unspecified atom stereocenters. The van der Waals surface area contributed by atoms with Crippen LogP contribution in [0.2, 0.25) is 0 Å². The topological polar surface area (TPSA) is 58.6 Å². The van der Waals surface area contributed by atoms with Gasteiger partial charge in [0.25, 0.3) is 0 Å². The second kappa shape index (κ2) is 10.9. The largest absolute Gasteiger partial charge is 0.391 e. The monoisotopic (exact) mass is 231 g/mol. The van der Waals surface area contributed by atoms with Gasteiger partial charge in [-0.15, -0.1) is 0 Å². The fraction of sp³-hybridized carbons (Fsp3) is 0.917. The third-order valence-corrected chi connectivity index (χ3v) is 2.58. The first-order valence-corrected chi connectivity index (χ1v) is 6.08. The first-order chi connectivity index (χ1) is 7.70. The molecule has 0 aromatic carbocycles. The summed E-state index contributed by atoms with van der Waals surface area (Å²) in [6.45, 7) is 0.427. The Morgan fingerprint density at radius 3 is 2.50 bits per heavy atom. The number of methoxy groups -OCH3 is 1. The number of rotatable bonds is 10. The number of aliphatic hydroxyl groups excluding tert-OH is 1. The summed E-state index contributed by atoms with van der Waals surface area (Å²) in [6, 6.07) is 0. The molecule has 0 saturated carbocycles. The molecule has 2 N–H and O–H groups in total. The van der Waals surface area contributed by atoms with Crippen LogP contribution < -0.4 is 5.32 Å². The molecule has 0 heterocycles. The minimum atomic E-state index is -0.323. The van der Waals surface area contributed by atoms with Crippen molar-refractivity contribution in [1.82, 2.24) is 5.32 Å². The maximum absolute atomic E-state index is 10.9. The standard InChI is InChI=1S/C12H25NO3/c1-13-12(15)9-7-5-3-4-6-8-11(14)10-16-2/h11,14H,3-10H2,1-2H3,(H,13,15)/t11-/m1/s1. The van der Waals surface area contributed by atoms with Gasteiger partial charge < -0.3 is 15.2 Å². The summed E-state index contributed by atoms with van der Waals surface area (Å²) in [5.74, 6) is 0.121. The zero-order valence-corrected chi connectivity index (χ0v) is 10.5. The predicted octanol–water partition coefficient (Wildman–Crippen LogP) is 1.47. The predicted molar refractivity (Wildman–Crippen MR) is 64.3 cm³/mol. The summed E-state index contributed by atoms with van der Waals surface area (Å²) in [5.41, 5.74) is 0. The van der Waals surface area contributed by atoms with Crippen molar-refractivity contribution >= 4 is 5.91 Å². The highest BCUT2D eigenvalue weighted by molar-refractivity contribution is 5.75. The van der Waals surface area contributed by atoms with E-state index in [4.69, 9.17) is 4.74 Å². The van der Waals surface area contributed by atoms with Gasteiger partial charge >= 0.3 is 0 Å². The molecule has 1 atom stereocenters. The number of hydrogen-bond donors (Lipinski definition) is 2.